The van der Waals surface area contributed by atoms with E-state index in [0.29, 0.717) is 12.2 Å². The van der Waals surface area contributed by atoms with E-state index < -0.39 is 4.92 Å². The summed E-state index contributed by atoms with van der Waals surface area (Å²) in [5, 5.41) is 32.8. The summed E-state index contributed by atoms with van der Waals surface area (Å²) in [5.74, 6) is 0. The van der Waals surface area contributed by atoms with Crippen molar-refractivity contribution in [2.75, 3.05) is 5.32 Å². The zero-order valence-corrected chi connectivity index (χ0v) is 13.2. The molecular formula is C16H11N5O2S. The van der Waals surface area contributed by atoms with Crippen molar-refractivity contribution in [2.24, 2.45) is 0 Å². The molecule has 0 bridgehead atoms. The average molecular weight is 337 g/mol. The van der Waals surface area contributed by atoms with Gasteiger partial charge in [0.05, 0.1) is 22.7 Å². The molecule has 118 valence electrons. The van der Waals surface area contributed by atoms with E-state index >= 15 is 0 Å². The first-order chi connectivity index (χ1) is 11.7. The van der Waals surface area contributed by atoms with Crippen molar-refractivity contribution in [3.8, 4) is 16.6 Å². The van der Waals surface area contributed by atoms with Crippen molar-refractivity contribution in [3.63, 3.8) is 0 Å². The number of rotatable bonds is 5. The molecule has 8 heteroatoms. The second-order valence-corrected chi connectivity index (χ2v) is 5.88. The summed E-state index contributed by atoms with van der Waals surface area (Å²) < 4.78 is 0. The van der Waals surface area contributed by atoms with Crippen LogP contribution in [-0.4, -0.2) is 15.1 Å². The van der Waals surface area contributed by atoms with Gasteiger partial charge in [-0.3, -0.25) is 10.1 Å². The Hall–Kier alpha value is -3.31. The van der Waals surface area contributed by atoms with Gasteiger partial charge in [0.25, 0.3) is 5.69 Å². The smallest absolute Gasteiger partial charge is 0.270 e. The van der Waals surface area contributed by atoms with Crippen molar-refractivity contribution in [2.45, 2.75) is 6.54 Å². The molecule has 0 spiro atoms. The zero-order chi connectivity index (χ0) is 16.9. The lowest BCUT2D eigenvalue weighted by Crippen LogP contribution is -2.01. The topological polar surface area (TPSA) is 105 Å². The van der Waals surface area contributed by atoms with E-state index in [1.165, 1.54) is 29.5 Å². The number of nitrogens with one attached hydrogen (secondary N) is 1. The van der Waals surface area contributed by atoms with Crippen molar-refractivity contribution in [1.29, 1.82) is 5.26 Å². The normalized spacial score (nSPS) is 10.1. The fourth-order valence-corrected chi connectivity index (χ4v) is 2.87. The Kier molecular flexibility index (Phi) is 4.45. The van der Waals surface area contributed by atoms with Gasteiger partial charge in [0, 0.05) is 17.7 Å². The Balaban J connectivity index is 1.74. The second kappa shape index (κ2) is 6.85. The number of anilines is 1. The van der Waals surface area contributed by atoms with Gasteiger partial charge in [-0.15, -0.1) is 10.2 Å². The maximum absolute atomic E-state index is 10.8. The van der Waals surface area contributed by atoms with Crippen LogP contribution in [0.15, 0.2) is 48.5 Å². The molecule has 0 atom stereocenters. The number of nitriles is 1. The van der Waals surface area contributed by atoms with Crippen LogP contribution in [0.25, 0.3) is 10.6 Å². The van der Waals surface area contributed by atoms with Crippen LogP contribution in [-0.2, 0) is 6.54 Å². The maximum Gasteiger partial charge on any atom is 0.270 e. The Bertz CT molecular complexity index is 918. The van der Waals surface area contributed by atoms with Gasteiger partial charge in [0.15, 0.2) is 0 Å². The predicted molar refractivity (Wildman–Crippen MR) is 90.5 cm³/mol. The van der Waals surface area contributed by atoms with Crippen molar-refractivity contribution >= 4 is 22.7 Å². The van der Waals surface area contributed by atoms with E-state index in [0.717, 1.165) is 15.6 Å². The van der Waals surface area contributed by atoms with Gasteiger partial charge in [0.2, 0.25) is 0 Å². The third kappa shape index (κ3) is 3.37. The molecular weight excluding hydrogens is 326 g/mol. The highest BCUT2D eigenvalue weighted by Gasteiger charge is 2.11. The minimum Gasteiger partial charge on any atom is -0.377 e. The lowest BCUT2D eigenvalue weighted by molar-refractivity contribution is -0.384. The zero-order valence-electron chi connectivity index (χ0n) is 12.3. The predicted octanol–water partition coefficient (Wildman–Crippen LogP) is 3.60. The SMILES string of the molecule is N#Cc1cc([N+](=O)[O-])ccc1NCc1nnc(-c2ccccc2)s1. The summed E-state index contributed by atoms with van der Waals surface area (Å²) in [6.45, 7) is 0.386. The minimum absolute atomic E-state index is 0.112. The van der Waals surface area contributed by atoms with Crippen LogP contribution in [0.5, 0.6) is 0 Å². The molecule has 1 aromatic heterocycles. The first-order valence-electron chi connectivity index (χ1n) is 6.97. The molecule has 1 N–H and O–H groups in total. The molecule has 0 amide bonds. The molecule has 3 aromatic rings. The van der Waals surface area contributed by atoms with Crippen LogP contribution in [0.3, 0.4) is 0 Å². The van der Waals surface area contributed by atoms with Crippen LogP contribution in [0.4, 0.5) is 11.4 Å². The highest BCUT2D eigenvalue weighted by molar-refractivity contribution is 7.14. The molecule has 0 aliphatic carbocycles. The Morgan fingerprint density at radius 1 is 1.21 bits per heavy atom. The highest BCUT2D eigenvalue weighted by Crippen LogP contribution is 2.25. The molecule has 7 nitrogen and oxygen atoms in total. The highest BCUT2D eigenvalue weighted by atomic mass is 32.1. The standard InChI is InChI=1S/C16H11N5O2S/c17-9-12-8-13(21(22)23)6-7-14(12)18-10-15-19-20-16(24-15)11-4-2-1-3-5-11/h1-8,18H,10H2. The van der Waals surface area contributed by atoms with Gasteiger partial charge in [-0.2, -0.15) is 5.26 Å². The first kappa shape index (κ1) is 15.6. The average Bonchev–Trinajstić information content (AvgIpc) is 3.09. The molecule has 0 saturated heterocycles. The lowest BCUT2D eigenvalue weighted by Gasteiger charge is -2.05. The lowest BCUT2D eigenvalue weighted by atomic mass is 10.1. The molecule has 0 aliphatic rings. The Labute approximate surface area is 141 Å². The summed E-state index contributed by atoms with van der Waals surface area (Å²) in [6.07, 6.45) is 0. The van der Waals surface area contributed by atoms with Crippen molar-refractivity contribution in [3.05, 3.63) is 69.2 Å². The van der Waals surface area contributed by atoms with Gasteiger partial charge in [-0.25, -0.2) is 0 Å². The van der Waals surface area contributed by atoms with Crippen molar-refractivity contribution in [1.82, 2.24) is 10.2 Å². The summed E-state index contributed by atoms with van der Waals surface area (Å²) >= 11 is 1.45. The molecule has 0 radical (unpaired) electrons. The quantitative estimate of drug-likeness (QED) is 0.563. The summed E-state index contributed by atoms with van der Waals surface area (Å²) in [5.41, 5.74) is 1.63. The van der Waals surface area contributed by atoms with E-state index in [2.05, 4.69) is 15.5 Å². The summed E-state index contributed by atoms with van der Waals surface area (Å²) in [7, 11) is 0. The largest absolute Gasteiger partial charge is 0.377 e. The Morgan fingerprint density at radius 2 is 2.00 bits per heavy atom. The number of nitro groups is 1. The van der Waals surface area contributed by atoms with Crippen molar-refractivity contribution < 1.29 is 4.92 Å². The van der Waals surface area contributed by atoms with E-state index in [1.54, 1.807) is 0 Å². The van der Waals surface area contributed by atoms with Crippen LogP contribution in [0, 0.1) is 21.4 Å². The number of hydrogen-bond donors (Lipinski definition) is 1. The van der Waals surface area contributed by atoms with Crippen LogP contribution >= 0.6 is 11.3 Å². The molecule has 0 fully saturated rings. The van der Waals surface area contributed by atoms with E-state index in [9.17, 15) is 10.1 Å². The molecule has 0 unspecified atom stereocenters. The number of hydrogen-bond acceptors (Lipinski definition) is 7. The molecule has 3 rings (SSSR count). The van der Waals surface area contributed by atoms with Gasteiger partial charge in [-0.1, -0.05) is 41.7 Å². The molecule has 2 aromatic carbocycles. The number of nitrogens with zero attached hydrogens (tertiary/aromatic N) is 4. The summed E-state index contributed by atoms with van der Waals surface area (Å²) in [4.78, 5) is 10.2. The summed E-state index contributed by atoms with van der Waals surface area (Å²) in [6, 6.07) is 15.8. The molecule has 1 heterocycles. The number of nitro benzene ring substituents is 1. The fraction of sp³-hybridized carbons (Fsp3) is 0.0625. The van der Waals surface area contributed by atoms with Gasteiger partial charge < -0.3 is 5.32 Å². The number of aromatic nitrogens is 2. The second-order valence-electron chi connectivity index (χ2n) is 4.82. The number of benzene rings is 2. The van der Waals surface area contributed by atoms with E-state index in [4.69, 9.17) is 5.26 Å². The monoisotopic (exact) mass is 337 g/mol. The minimum atomic E-state index is -0.526. The Morgan fingerprint density at radius 3 is 2.71 bits per heavy atom. The van der Waals surface area contributed by atoms with Gasteiger partial charge in [0.1, 0.15) is 16.1 Å². The molecule has 0 aliphatic heterocycles. The maximum atomic E-state index is 10.8. The third-order valence-corrected chi connectivity index (χ3v) is 4.22. The van der Waals surface area contributed by atoms with Crippen LogP contribution in [0.1, 0.15) is 10.6 Å². The third-order valence-electron chi connectivity index (χ3n) is 3.25. The molecule has 24 heavy (non-hydrogen) atoms. The van der Waals surface area contributed by atoms with E-state index in [1.807, 2.05) is 36.4 Å². The van der Waals surface area contributed by atoms with Gasteiger partial charge in [-0.05, 0) is 6.07 Å². The molecule has 0 saturated carbocycles. The first-order valence-corrected chi connectivity index (χ1v) is 7.79. The van der Waals surface area contributed by atoms with Crippen LogP contribution < -0.4 is 5.32 Å². The number of non-ortho nitro benzene ring substituents is 1. The van der Waals surface area contributed by atoms with E-state index in [-0.39, 0.29) is 11.3 Å². The van der Waals surface area contributed by atoms with Gasteiger partial charge >= 0.3 is 0 Å². The van der Waals surface area contributed by atoms with Crippen LogP contribution in [0.2, 0.25) is 0 Å². The fourth-order valence-electron chi connectivity index (χ4n) is 2.09.